The van der Waals surface area contributed by atoms with Crippen LogP contribution in [0.3, 0.4) is 0 Å². The Hall–Kier alpha value is -2.00. The van der Waals surface area contributed by atoms with E-state index < -0.39 is 26.0 Å². The summed E-state index contributed by atoms with van der Waals surface area (Å²) < 4.78 is 33.0. The molecule has 4 N–H and O–H groups in total. The SMILES string of the molecule is CCCCCC=CCC=CC=CC(O)CC=CCCCC(=O)OC(COC=CCCCCCCCCCCCCCC)COP(=O)(O)OCCN. The van der Waals surface area contributed by atoms with E-state index in [-0.39, 0.29) is 32.8 Å². The number of rotatable bonds is 37. The van der Waals surface area contributed by atoms with Crippen LogP contribution in [0.4, 0.5) is 0 Å². The zero-order valence-electron chi connectivity index (χ0n) is 32.2. The number of esters is 1. The molecule has 296 valence electrons. The Morgan fingerprint density at radius 2 is 1.29 bits per heavy atom. The van der Waals surface area contributed by atoms with Gasteiger partial charge in [0.2, 0.25) is 0 Å². The lowest BCUT2D eigenvalue weighted by Gasteiger charge is -2.19. The van der Waals surface area contributed by atoms with E-state index in [0.29, 0.717) is 19.3 Å². The summed E-state index contributed by atoms with van der Waals surface area (Å²) in [4.78, 5) is 22.4. The van der Waals surface area contributed by atoms with Crippen LogP contribution in [0.5, 0.6) is 0 Å². The molecule has 0 aliphatic heterocycles. The third-order valence-corrected chi connectivity index (χ3v) is 9.07. The van der Waals surface area contributed by atoms with Crippen molar-refractivity contribution < 1.29 is 37.9 Å². The first-order valence-corrected chi connectivity index (χ1v) is 21.4. The van der Waals surface area contributed by atoms with Crippen molar-refractivity contribution in [3.63, 3.8) is 0 Å². The highest BCUT2D eigenvalue weighted by atomic mass is 31.2. The summed E-state index contributed by atoms with van der Waals surface area (Å²) in [6.45, 7) is 4.02. The molecule has 0 heterocycles. The van der Waals surface area contributed by atoms with Crippen LogP contribution in [0.2, 0.25) is 0 Å². The van der Waals surface area contributed by atoms with Crippen LogP contribution in [0.1, 0.15) is 155 Å². The van der Waals surface area contributed by atoms with Crippen LogP contribution >= 0.6 is 7.82 Å². The standard InChI is InChI=1S/C41H74NO8P/c1-3-5-7-9-11-13-15-16-17-18-20-22-26-30-35-47-37-40(38-49-51(45,46)48-36-34-42)50-41(44)33-29-25-24-28-32-39(43)31-27-23-21-19-14-12-10-8-6-4-2/h12,14,21,23-24,27-28,30-31,35,39-40,43H,3-11,13,15-20,22,25-26,29,32-34,36-38,42H2,1-2H3,(H,45,46). The summed E-state index contributed by atoms with van der Waals surface area (Å²) >= 11 is 0. The number of carbonyl (C=O) groups excluding carboxylic acids is 1. The Balaban J connectivity index is 4.34. The molecular formula is C41H74NO8P. The van der Waals surface area contributed by atoms with E-state index in [9.17, 15) is 19.4 Å². The average Bonchev–Trinajstić information content (AvgIpc) is 3.11. The first-order chi connectivity index (χ1) is 24.8. The third-order valence-electron chi connectivity index (χ3n) is 8.08. The van der Waals surface area contributed by atoms with Gasteiger partial charge in [0.25, 0.3) is 0 Å². The quantitative estimate of drug-likeness (QED) is 0.0142. The van der Waals surface area contributed by atoms with Crippen molar-refractivity contribution in [2.45, 2.75) is 167 Å². The second-order valence-electron chi connectivity index (χ2n) is 13.1. The lowest BCUT2D eigenvalue weighted by molar-refractivity contribution is -0.153. The summed E-state index contributed by atoms with van der Waals surface area (Å²) in [7, 11) is -4.33. The summed E-state index contributed by atoms with van der Waals surface area (Å²) in [5.41, 5.74) is 5.34. The van der Waals surface area contributed by atoms with Crippen LogP contribution in [-0.4, -0.2) is 54.5 Å². The molecular weight excluding hydrogens is 665 g/mol. The molecule has 3 unspecified atom stereocenters. The van der Waals surface area contributed by atoms with Gasteiger partial charge in [0.15, 0.2) is 6.10 Å². The molecule has 0 rings (SSSR count). The average molecular weight is 740 g/mol. The number of nitrogens with two attached hydrogens (primary N) is 1. The van der Waals surface area contributed by atoms with Gasteiger partial charge in [-0.25, -0.2) is 4.57 Å². The zero-order chi connectivity index (χ0) is 37.5. The van der Waals surface area contributed by atoms with Gasteiger partial charge in [0.1, 0.15) is 6.61 Å². The third kappa shape index (κ3) is 37.6. The maximum absolute atomic E-state index is 12.5. The number of allylic oxidation sites excluding steroid dienone is 7. The van der Waals surface area contributed by atoms with E-state index in [4.69, 9.17) is 24.3 Å². The minimum Gasteiger partial charge on any atom is -0.498 e. The summed E-state index contributed by atoms with van der Waals surface area (Å²) in [6.07, 6.45) is 42.1. The number of phosphoric acid groups is 1. The Bertz CT molecular complexity index is 981. The summed E-state index contributed by atoms with van der Waals surface area (Å²) in [6, 6.07) is 0. The van der Waals surface area contributed by atoms with Crippen LogP contribution in [0, 0.1) is 0 Å². The van der Waals surface area contributed by atoms with Crippen molar-refractivity contribution in [2.24, 2.45) is 5.73 Å². The first-order valence-electron chi connectivity index (χ1n) is 19.9. The molecule has 0 fully saturated rings. The highest BCUT2D eigenvalue weighted by molar-refractivity contribution is 7.47. The molecule has 0 aromatic rings. The molecule has 10 heteroatoms. The van der Waals surface area contributed by atoms with Crippen LogP contribution < -0.4 is 5.73 Å². The number of phosphoric ester groups is 1. The highest BCUT2D eigenvalue weighted by Gasteiger charge is 2.25. The van der Waals surface area contributed by atoms with Gasteiger partial charge in [0.05, 0.1) is 25.6 Å². The normalized spacial score (nSPS) is 14.8. The van der Waals surface area contributed by atoms with Crippen molar-refractivity contribution in [3.05, 3.63) is 60.9 Å². The molecule has 0 radical (unpaired) electrons. The largest absolute Gasteiger partial charge is 0.498 e. The van der Waals surface area contributed by atoms with Crippen molar-refractivity contribution in [2.75, 3.05) is 26.4 Å². The van der Waals surface area contributed by atoms with E-state index in [1.165, 1.54) is 89.9 Å². The number of carbonyl (C=O) groups is 1. The number of aliphatic hydroxyl groups is 1. The van der Waals surface area contributed by atoms with Gasteiger partial charge in [-0.3, -0.25) is 13.8 Å². The van der Waals surface area contributed by atoms with Gasteiger partial charge < -0.3 is 25.2 Å². The predicted molar refractivity (Wildman–Crippen MR) is 211 cm³/mol. The minimum absolute atomic E-state index is 0.0200. The zero-order valence-corrected chi connectivity index (χ0v) is 33.1. The molecule has 51 heavy (non-hydrogen) atoms. The fraction of sp³-hybridized carbons (Fsp3) is 0.732. The molecule has 0 aromatic heterocycles. The topological polar surface area (TPSA) is 138 Å². The van der Waals surface area contributed by atoms with E-state index in [1.54, 1.807) is 12.3 Å². The highest BCUT2D eigenvalue weighted by Crippen LogP contribution is 2.43. The number of ether oxygens (including phenoxy) is 2. The van der Waals surface area contributed by atoms with Crippen molar-refractivity contribution in [3.8, 4) is 0 Å². The number of aliphatic hydroxyl groups excluding tert-OH is 1. The van der Waals surface area contributed by atoms with Crippen LogP contribution in [0.15, 0.2) is 60.9 Å². The molecule has 3 atom stereocenters. The van der Waals surface area contributed by atoms with E-state index in [0.717, 1.165) is 25.7 Å². The van der Waals surface area contributed by atoms with Crippen molar-refractivity contribution >= 4 is 13.8 Å². The molecule has 0 aliphatic rings. The number of hydrogen-bond acceptors (Lipinski definition) is 8. The van der Waals surface area contributed by atoms with Gasteiger partial charge in [-0.05, 0) is 57.4 Å². The Labute approximate surface area is 311 Å². The van der Waals surface area contributed by atoms with Crippen molar-refractivity contribution in [1.82, 2.24) is 0 Å². The summed E-state index contributed by atoms with van der Waals surface area (Å²) in [5, 5.41) is 10.1. The minimum atomic E-state index is -4.33. The Morgan fingerprint density at radius 1 is 0.706 bits per heavy atom. The van der Waals surface area contributed by atoms with Gasteiger partial charge in [-0.2, -0.15) is 0 Å². The summed E-state index contributed by atoms with van der Waals surface area (Å²) in [5.74, 6) is -0.456. The molecule has 0 aromatic carbocycles. The van der Waals surface area contributed by atoms with E-state index in [1.807, 2.05) is 30.4 Å². The second-order valence-corrected chi connectivity index (χ2v) is 14.5. The van der Waals surface area contributed by atoms with Gasteiger partial charge in [-0.15, -0.1) is 0 Å². The molecule has 0 spiro atoms. The maximum atomic E-state index is 12.5. The molecule has 0 saturated carbocycles. The number of unbranched alkanes of at least 4 members (excludes halogenated alkanes) is 16. The smallest absolute Gasteiger partial charge is 0.472 e. The lowest BCUT2D eigenvalue weighted by Crippen LogP contribution is -2.27. The molecule has 0 aliphatic carbocycles. The monoisotopic (exact) mass is 740 g/mol. The van der Waals surface area contributed by atoms with E-state index in [2.05, 4.69) is 32.1 Å². The fourth-order valence-corrected chi connectivity index (χ4v) is 5.86. The van der Waals surface area contributed by atoms with Gasteiger partial charge in [-0.1, -0.05) is 146 Å². The molecule has 0 amide bonds. The first kappa shape index (κ1) is 49.0. The molecule has 0 saturated heterocycles. The predicted octanol–water partition coefficient (Wildman–Crippen LogP) is 10.7. The van der Waals surface area contributed by atoms with Gasteiger partial charge >= 0.3 is 13.8 Å². The van der Waals surface area contributed by atoms with Gasteiger partial charge in [0, 0.05) is 13.0 Å². The number of hydrogen-bond donors (Lipinski definition) is 3. The van der Waals surface area contributed by atoms with Crippen LogP contribution in [-0.2, 0) is 27.9 Å². The lowest BCUT2D eigenvalue weighted by atomic mass is 10.0. The molecule has 0 bridgehead atoms. The maximum Gasteiger partial charge on any atom is 0.472 e. The van der Waals surface area contributed by atoms with E-state index >= 15 is 0 Å². The fourth-order valence-electron chi connectivity index (χ4n) is 5.10. The molecule has 9 nitrogen and oxygen atoms in total. The van der Waals surface area contributed by atoms with Crippen LogP contribution in [0.25, 0.3) is 0 Å². The van der Waals surface area contributed by atoms with Crippen molar-refractivity contribution in [1.29, 1.82) is 0 Å². The Morgan fingerprint density at radius 3 is 1.98 bits per heavy atom. The Kier molecular flexibility index (Phi) is 36.3. The second kappa shape index (κ2) is 37.7.